The van der Waals surface area contributed by atoms with Gasteiger partial charge in [-0.3, -0.25) is 9.59 Å². The molecule has 2 aromatic heterocycles. The largest absolute Gasteiger partial charge is 0.326 e. The first-order valence-corrected chi connectivity index (χ1v) is 11.2. The molecule has 0 spiro atoms. The van der Waals surface area contributed by atoms with Crippen molar-refractivity contribution in [1.29, 1.82) is 0 Å². The molecule has 0 unspecified atom stereocenters. The predicted molar refractivity (Wildman–Crippen MR) is 116 cm³/mol. The van der Waals surface area contributed by atoms with Crippen LogP contribution in [0, 0.1) is 5.92 Å². The van der Waals surface area contributed by atoms with Crippen molar-refractivity contribution in [1.82, 2.24) is 9.97 Å². The summed E-state index contributed by atoms with van der Waals surface area (Å²) in [4.78, 5) is 35.0. The molecule has 1 amide bonds. The van der Waals surface area contributed by atoms with E-state index in [2.05, 4.69) is 17.2 Å². The molecular formula is C21H23N3O2S2. The summed E-state index contributed by atoms with van der Waals surface area (Å²) in [6, 6.07) is 7.69. The number of benzene rings is 1. The van der Waals surface area contributed by atoms with Crippen LogP contribution in [0.15, 0.2) is 34.0 Å². The summed E-state index contributed by atoms with van der Waals surface area (Å²) in [5.41, 5.74) is 1.98. The minimum Gasteiger partial charge on any atom is -0.326 e. The lowest BCUT2D eigenvalue weighted by atomic mass is 9.89. The highest BCUT2D eigenvalue weighted by atomic mass is 32.2. The third-order valence-electron chi connectivity index (χ3n) is 5.06. The molecule has 0 aliphatic heterocycles. The van der Waals surface area contributed by atoms with E-state index in [0.717, 1.165) is 40.1 Å². The zero-order valence-electron chi connectivity index (χ0n) is 16.2. The number of carbonyl (C=O) groups is 1. The number of aryl methyl sites for hydroxylation is 1. The molecule has 3 aromatic rings. The van der Waals surface area contributed by atoms with Gasteiger partial charge in [-0.25, -0.2) is 4.98 Å². The predicted octanol–water partition coefficient (Wildman–Crippen LogP) is 4.92. The number of hydrogen-bond acceptors (Lipinski definition) is 5. The fraction of sp³-hybridized carbons (Fsp3) is 0.381. The van der Waals surface area contributed by atoms with Crippen LogP contribution in [0.1, 0.15) is 48.7 Å². The second kappa shape index (κ2) is 7.72. The molecule has 2 atom stereocenters. The number of thioether (sulfide) groups is 1. The number of nitrogens with zero attached hydrogens (tertiary/aromatic N) is 1. The number of fused-ring (bicyclic) bond motifs is 3. The van der Waals surface area contributed by atoms with Crippen molar-refractivity contribution in [3.8, 4) is 0 Å². The lowest BCUT2D eigenvalue weighted by Gasteiger charge is -2.17. The van der Waals surface area contributed by atoms with Crippen molar-refractivity contribution >= 4 is 44.9 Å². The number of nitrogens with one attached hydrogen (secondary N) is 2. The zero-order chi connectivity index (χ0) is 19.8. The Labute approximate surface area is 172 Å². The summed E-state index contributed by atoms with van der Waals surface area (Å²) in [6.45, 7) is 5.81. The molecule has 7 heteroatoms. The van der Waals surface area contributed by atoms with Crippen molar-refractivity contribution < 1.29 is 4.79 Å². The van der Waals surface area contributed by atoms with Crippen molar-refractivity contribution in [2.24, 2.45) is 5.92 Å². The highest BCUT2D eigenvalue weighted by molar-refractivity contribution is 7.99. The highest BCUT2D eigenvalue weighted by Crippen LogP contribution is 2.38. The molecule has 0 radical (unpaired) electrons. The summed E-state index contributed by atoms with van der Waals surface area (Å²) in [5, 5.41) is 3.58. The average molecular weight is 414 g/mol. The van der Waals surface area contributed by atoms with Crippen molar-refractivity contribution in [3.05, 3.63) is 50.9 Å². The monoisotopic (exact) mass is 413 g/mol. The first-order valence-electron chi connectivity index (χ1n) is 9.49. The van der Waals surface area contributed by atoms with E-state index < -0.39 is 0 Å². The molecular weight excluding hydrogens is 390 g/mol. The minimum absolute atomic E-state index is 0.0134. The van der Waals surface area contributed by atoms with Gasteiger partial charge in [0.05, 0.1) is 10.6 Å². The van der Waals surface area contributed by atoms with E-state index in [4.69, 9.17) is 4.98 Å². The van der Waals surface area contributed by atoms with Crippen molar-refractivity contribution in [3.63, 3.8) is 0 Å². The van der Waals surface area contributed by atoms with Crippen LogP contribution >= 0.6 is 23.1 Å². The number of aromatic amines is 1. The summed E-state index contributed by atoms with van der Waals surface area (Å²) in [7, 11) is 0. The Hall–Kier alpha value is -2.12. The van der Waals surface area contributed by atoms with E-state index in [1.54, 1.807) is 23.1 Å². The van der Waals surface area contributed by atoms with Gasteiger partial charge in [0.25, 0.3) is 5.56 Å². The van der Waals surface area contributed by atoms with Crippen LogP contribution in [0.5, 0.6) is 0 Å². The second-order valence-corrected chi connectivity index (χ2v) is 9.95. The molecule has 0 saturated carbocycles. The first kappa shape index (κ1) is 19.2. The Morgan fingerprint density at radius 1 is 1.36 bits per heavy atom. The minimum atomic E-state index is -0.0862. The summed E-state index contributed by atoms with van der Waals surface area (Å²) < 4.78 is 0. The van der Waals surface area contributed by atoms with E-state index in [0.29, 0.717) is 11.7 Å². The number of rotatable bonds is 4. The molecule has 1 aliphatic rings. The van der Waals surface area contributed by atoms with Gasteiger partial charge in [0, 0.05) is 22.4 Å². The quantitative estimate of drug-likeness (QED) is 0.595. The number of aromatic nitrogens is 2. The summed E-state index contributed by atoms with van der Waals surface area (Å²) in [5.74, 6) is 1.30. The molecule has 1 aliphatic carbocycles. The van der Waals surface area contributed by atoms with Gasteiger partial charge >= 0.3 is 0 Å². The van der Waals surface area contributed by atoms with Gasteiger partial charge in [-0.2, -0.15) is 0 Å². The molecule has 0 saturated heterocycles. The van der Waals surface area contributed by atoms with Crippen LogP contribution in [0.2, 0.25) is 0 Å². The van der Waals surface area contributed by atoms with Crippen LogP contribution in [0.25, 0.3) is 10.2 Å². The van der Waals surface area contributed by atoms with Crippen molar-refractivity contribution in [2.45, 2.75) is 50.2 Å². The van der Waals surface area contributed by atoms with Crippen LogP contribution in [-0.2, 0) is 17.6 Å². The molecule has 1 aromatic carbocycles. The number of hydrogen-bond donors (Lipinski definition) is 2. The van der Waals surface area contributed by atoms with Gasteiger partial charge in [-0.05, 0) is 61.9 Å². The third-order valence-corrected chi connectivity index (χ3v) is 7.33. The number of anilines is 1. The molecule has 4 rings (SSSR count). The Morgan fingerprint density at radius 2 is 2.11 bits per heavy atom. The number of H-pyrrole nitrogens is 1. The number of carbonyl (C=O) groups excluding carboxylic acids is 1. The smallest absolute Gasteiger partial charge is 0.259 e. The maximum Gasteiger partial charge on any atom is 0.259 e. The van der Waals surface area contributed by atoms with Gasteiger partial charge in [0.2, 0.25) is 5.91 Å². The van der Waals surface area contributed by atoms with E-state index in [-0.39, 0.29) is 16.7 Å². The maximum atomic E-state index is 12.8. The van der Waals surface area contributed by atoms with Crippen LogP contribution in [0.4, 0.5) is 5.69 Å². The fourth-order valence-electron chi connectivity index (χ4n) is 3.64. The van der Waals surface area contributed by atoms with E-state index >= 15 is 0 Å². The standard InChI is InChI=1S/C21H23N3O2S2/c1-11-4-9-16-17(10-11)28-21-18(16)20(26)23-19(24-21)12(2)27-15-7-5-14(6-8-15)22-13(3)25/h5-8,11-12H,4,9-10H2,1-3H3,(H,22,25)(H,23,24,26)/t11-,12-/m1/s1. The molecule has 28 heavy (non-hydrogen) atoms. The van der Waals surface area contributed by atoms with Crippen LogP contribution in [-0.4, -0.2) is 15.9 Å². The van der Waals surface area contributed by atoms with Gasteiger partial charge in [-0.1, -0.05) is 6.92 Å². The van der Waals surface area contributed by atoms with Gasteiger partial charge in [0.15, 0.2) is 0 Å². The second-order valence-electron chi connectivity index (χ2n) is 7.45. The van der Waals surface area contributed by atoms with Gasteiger partial charge in [0.1, 0.15) is 10.7 Å². The highest BCUT2D eigenvalue weighted by Gasteiger charge is 2.23. The first-order chi connectivity index (χ1) is 13.4. The van der Waals surface area contributed by atoms with Gasteiger partial charge in [-0.15, -0.1) is 23.1 Å². The zero-order valence-corrected chi connectivity index (χ0v) is 17.8. The average Bonchev–Trinajstić information content (AvgIpc) is 3.00. The molecule has 5 nitrogen and oxygen atoms in total. The Morgan fingerprint density at radius 3 is 2.82 bits per heavy atom. The Bertz CT molecular complexity index is 1090. The molecule has 2 N–H and O–H groups in total. The molecule has 0 bridgehead atoms. The molecule has 2 heterocycles. The summed E-state index contributed by atoms with van der Waals surface area (Å²) >= 11 is 3.32. The van der Waals surface area contributed by atoms with Gasteiger partial charge < -0.3 is 10.3 Å². The fourth-order valence-corrected chi connectivity index (χ4v) is 5.95. The molecule has 0 fully saturated rings. The lowest BCUT2D eigenvalue weighted by Crippen LogP contribution is -2.15. The van der Waals surface area contributed by atoms with E-state index in [1.165, 1.54) is 17.4 Å². The van der Waals surface area contributed by atoms with E-state index in [1.807, 2.05) is 31.2 Å². The Balaban J connectivity index is 1.58. The Kier molecular flexibility index (Phi) is 5.29. The number of thiophene rings is 1. The van der Waals surface area contributed by atoms with Crippen molar-refractivity contribution in [2.75, 3.05) is 5.32 Å². The van der Waals surface area contributed by atoms with Crippen LogP contribution < -0.4 is 10.9 Å². The third kappa shape index (κ3) is 3.86. The van der Waals surface area contributed by atoms with E-state index in [9.17, 15) is 9.59 Å². The number of amides is 1. The normalized spacial score (nSPS) is 17.3. The topological polar surface area (TPSA) is 74.8 Å². The summed E-state index contributed by atoms with van der Waals surface area (Å²) in [6.07, 6.45) is 3.17. The SMILES string of the molecule is CC(=O)Nc1ccc(S[C@H](C)c2nc3sc4c(c3c(=O)[nH]2)CC[C@@H](C)C4)cc1. The maximum absolute atomic E-state index is 12.8. The molecule has 146 valence electrons. The lowest BCUT2D eigenvalue weighted by molar-refractivity contribution is -0.114. The van der Waals surface area contributed by atoms with Crippen LogP contribution in [0.3, 0.4) is 0 Å².